The van der Waals surface area contributed by atoms with E-state index >= 15 is 0 Å². The third-order valence-electron chi connectivity index (χ3n) is 3.49. The molecule has 5 nitrogen and oxygen atoms in total. The summed E-state index contributed by atoms with van der Waals surface area (Å²) in [7, 11) is 0. The molecule has 0 unspecified atom stereocenters. The Morgan fingerprint density at radius 1 is 1.40 bits per heavy atom. The number of H-pyrrole nitrogens is 1. The number of carbonyl (C=O) groups excluding carboxylic acids is 1. The van der Waals surface area contributed by atoms with Gasteiger partial charge in [0.1, 0.15) is 5.82 Å². The number of hydrogen-bond acceptors (Lipinski definition) is 3. The van der Waals surface area contributed by atoms with E-state index in [1.54, 1.807) is 0 Å². The first kappa shape index (κ1) is 12.7. The molecule has 1 aliphatic heterocycles. The molecule has 0 radical (unpaired) electrons. The van der Waals surface area contributed by atoms with Crippen molar-refractivity contribution >= 4 is 17.3 Å². The molecule has 1 amide bonds. The van der Waals surface area contributed by atoms with Gasteiger partial charge in [-0.15, -0.1) is 0 Å². The molecule has 1 aromatic carbocycles. The highest BCUT2D eigenvalue weighted by Crippen LogP contribution is 2.29. The SMILES string of the molecule is Cc1ncc(CNc2ccccc2N2CCCC2=O)[nH]1. The Hall–Kier alpha value is -2.30. The number of hydrogen-bond donors (Lipinski definition) is 2. The fourth-order valence-corrected chi connectivity index (χ4v) is 2.51. The normalized spacial score (nSPS) is 14.8. The number of nitrogens with one attached hydrogen (secondary N) is 2. The molecule has 0 aliphatic carbocycles. The molecule has 0 atom stereocenters. The van der Waals surface area contributed by atoms with Gasteiger partial charge in [-0.25, -0.2) is 4.98 Å². The highest BCUT2D eigenvalue weighted by atomic mass is 16.2. The highest BCUT2D eigenvalue weighted by Gasteiger charge is 2.23. The summed E-state index contributed by atoms with van der Waals surface area (Å²) >= 11 is 0. The minimum Gasteiger partial charge on any atom is -0.378 e. The number of amides is 1. The standard InChI is InChI=1S/C15H18N4O/c1-11-16-9-12(18-11)10-17-13-5-2-3-6-14(13)19-8-4-7-15(19)20/h2-3,5-6,9,17H,4,7-8,10H2,1H3,(H,16,18). The molecule has 0 bridgehead atoms. The Kier molecular flexibility index (Phi) is 3.41. The van der Waals surface area contributed by atoms with Crippen LogP contribution in [0.5, 0.6) is 0 Å². The Morgan fingerprint density at radius 2 is 2.25 bits per heavy atom. The molecule has 2 N–H and O–H groups in total. The Balaban J connectivity index is 1.77. The first-order valence-electron chi connectivity index (χ1n) is 6.88. The number of imidazole rings is 1. The van der Waals surface area contributed by atoms with E-state index in [0.29, 0.717) is 13.0 Å². The molecule has 104 valence electrons. The fraction of sp³-hybridized carbons (Fsp3) is 0.333. The molecule has 1 aliphatic rings. The van der Waals surface area contributed by atoms with Crippen LogP contribution in [-0.2, 0) is 11.3 Å². The molecule has 3 rings (SSSR count). The third-order valence-corrected chi connectivity index (χ3v) is 3.49. The molecule has 1 aromatic heterocycles. The van der Waals surface area contributed by atoms with Crippen LogP contribution >= 0.6 is 0 Å². The van der Waals surface area contributed by atoms with Gasteiger partial charge in [-0.3, -0.25) is 4.79 Å². The van der Waals surface area contributed by atoms with Crippen molar-refractivity contribution < 1.29 is 4.79 Å². The molecule has 0 saturated carbocycles. The number of benzene rings is 1. The van der Waals surface area contributed by atoms with Gasteiger partial charge in [0, 0.05) is 13.0 Å². The summed E-state index contributed by atoms with van der Waals surface area (Å²) in [6.07, 6.45) is 3.41. The Bertz CT molecular complexity index is 620. The maximum absolute atomic E-state index is 11.9. The zero-order valence-corrected chi connectivity index (χ0v) is 11.5. The van der Waals surface area contributed by atoms with Crippen molar-refractivity contribution in [1.82, 2.24) is 9.97 Å². The average molecular weight is 270 g/mol. The number of rotatable bonds is 4. The smallest absolute Gasteiger partial charge is 0.227 e. The highest BCUT2D eigenvalue weighted by molar-refractivity contribution is 5.98. The maximum atomic E-state index is 11.9. The largest absolute Gasteiger partial charge is 0.378 e. The first-order valence-corrected chi connectivity index (χ1v) is 6.88. The summed E-state index contributed by atoms with van der Waals surface area (Å²) in [5.41, 5.74) is 2.98. The molecule has 20 heavy (non-hydrogen) atoms. The van der Waals surface area contributed by atoms with Crippen LogP contribution in [-0.4, -0.2) is 22.4 Å². The number of para-hydroxylation sites is 2. The van der Waals surface area contributed by atoms with E-state index in [-0.39, 0.29) is 5.91 Å². The van der Waals surface area contributed by atoms with Gasteiger partial charge in [0.15, 0.2) is 0 Å². The second-order valence-corrected chi connectivity index (χ2v) is 5.01. The van der Waals surface area contributed by atoms with Crippen LogP contribution in [0.2, 0.25) is 0 Å². The number of aromatic amines is 1. The van der Waals surface area contributed by atoms with Gasteiger partial charge in [0.2, 0.25) is 5.91 Å². The minimum absolute atomic E-state index is 0.205. The topological polar surface area (TPSA) is 61.0 Å². The van der Waals surface area contributed by atoms with E-state index in [4.69, 9.17) is 0 Å². The van der Waals surface area contributed by atoms with Crippen molar-refractivity contribution in [3.8, 4) is 0 Å². The molecular formula is C15H18N4O. The lowest BCUT2D eigenvalue weighted by atomic mass is 10.2. The summed E-state index contributed by atoms with van der Waals surface area (Å²) in [4.78, 5) is 21.1. The van der Waals surface area contributed by atoms with Crippen LogP contribution in [0.3, 0.4) is 0 Å². The van der Waals surface area contributed by atoms with Gasteiger partial charge >= 0.3 is 0 Å². The summed E-state index contributed by atoms with van der Waals surface area (Å²) in [5.74, 6) is 1.11. The quantitative estimate of drug-likeness (QED) is 0.897. The fourth-order valence-electron chi connectivity index (χ4n) is 2.51. The van der Waals surface area contributed by atoms with Crippen molar-refractivity contribution in [2.24, 2.45) is 0 Å². The number of aryl methyl sites for hydroxylation is 1. The lowest BCUT2D eigenvalue weighted by molar-refractivity contribution is -0.117. The zero-order chi connectivity index (χ0) is 13.9. The first-order chi connectivity index (χ1) is 9.74. The monoisotopic (exact) mass is 270 g/mol. The van der Waals surface area contributed by atoms with Gasteiger partial charge in [0.25, 0.3) is 0 Å². The van der Waals surface area contributed by atoms with E-state index in [1.165, 1.54) is 0 Å². The third kappa shape index (κ3) is 2.52. The molecule has 0 spiro atoms. The van der Waals surface area contributed by atoms with Crippen molar-refractivity contribution in [2.75, 3.05) is 16.8 Å². The number of carbonyl (C=O) groups is 1. The lowest BCUT2D eigenvalue weighted by Gasteiger charge is -2.20. The predicted molar refractivity (Wildman–Crippen MR) is 78.7 cm³/mol. The second kappa shape index (κ2) is 5.36. The minimum atomic E-state index is 0.205. The summed E-state index contributed by atoms with van der Waals surface area (Å²) in [6, 6.07) is 7.94. The molecule has 2 heterocycles. The molecular weight excluding hydrogens is 252 g/mol. The van der Waals surface area contributed by atoms with Crippen LogP contribution < -0.4 is 10.2 Å². The van der Waals surface area contributed by atoms with E-state index in [2.05, 4.69) is 15.3 Å². The number of aromatic nitrogens is 2. The van der Waals surface area contributed by atoms with Gasteiger partial charge in [-0.05, 0) is 25.5 Å². The number of anilines is 2. The van der Waals surface area contributed by atoms with Crippen LogP contribution in [0.15, 0.2) is 30.5 Å². The van der Waals surface area contributed by atoms with Gasteiger partial charge in [-0.2, -0.15) is 0 Å². The van der Waals surface area contributed by atoms with E-state index in [1.807, 2.05) is 42.3 Å². The molecule has 1 saturated heterocycles. The van der Waals surface area contributed by atoms with Crippen molar-refractivity contribution in [1.29, 1.82) is 0 Å². The van der Waals surface area contributed by atoms with Crippen molar-refractivity contribution in [3.05, 3.63) is 42.0 Å². The summed E-state index contributed by atoms with van der Waals surface area (Å²) in [5, 5.41) is 3.38. The Labute approximate surface area is 118 Å². The van der Waals surface area contributed by atoms with Gasteiger partial charge in [-0.1, -0.05) is 12.1 Å². The maximum Gasteiger partial charge on any atom is 0.227 e. The van der Waals surface area contributed by atoms with Crippen LogP contribution in [0.1, 0.15) is 24.4 Å². The molecule has 2 aromatic rings. The van der Waals surface area contributed by atoms with Crippen molar-refractivity contribution in [2.45, 2.75) is 26.3 Å². The van der Waals surface area contributed by atoms with E-state index in [0.717, 1.165) is 35.9 Å². The summed E-state index contributed by atoms with van der Waals surface area (Å²) < 4.78 is 0. The molecule has 1 fully saturated rings. The number of nitrogens with zero attached hydrogens (tertiary/aromatic N) is 2. The van der Waals surface area contributed by atoms with E-state index in [9.17, 15) is 4.79 Å². The van der Waals surface area contributed by atoms with E-state index < -0.39 is 0 Å². The zero-order valence-electron chi connectivity index (χ0n) is 11.5. The lowest BCUT2D eigenvalue weighted by Crippen LogP contribution is -2.24. The molecule has 5 heteroatoms. The van der Waals surface area contributed by atoms with Crippen LogP contribution in [0, 0.1) is 6.92 Å². The van der Waals surface area contributed by atoms with Crippen molar-refractivity contribution in [3.63, 3.8) is 0 Å². The summed E-state index contributed by atoms with van der Waals surface area (Å²) in [6.45, 7) is 3.40. The van der Waals surface area contributed by atoms with Gasteiger partial charge in [0.05, 0.1) is 29.8 Å². The van der Waals surface area contributed by atoms with Crippen LogP contribution in [0.4, 0.5) is 11.4 Å². The second-order valence-electron chi connectivity index (χ2n) is 5.01. The average Bonchev–Trinajstić information content (AvgIpc) is 3.05. The van der Waals surface area contributed by atoms with Crippen LogP contribution in [0.25, 0.3) is 0 Å². The van der Waals surface area contributed by atoms with Gasteiger partial charge < -0.3 is 15.2 Å². The Morgan fingerprint density at radius 3 is 2.95 bits per heavy atom. The predicted octanol–water partition coefficient (Wildman–Crippen LogP) is 2.46.